The van der Waals surface area contributed by atoms with E-state index in [1.165, 1.54) is 23.4 Å². The zero-order valence-electron chi connectivity index (χ0n) is 17.2. The quantitative estimate of drug-likeness (QED) is 0.637. The summed E-state index contributed by atoms with van der Waals surface area (Å²) in [5.74, 6) is -0.963. The molecule has 0 aliphatic carbocycles. The number of aromatic carboxylic acids is 1. The van der Waals surface area contributed by atoms with Gasteiger partial charge in [-0.05, 0) is 42.2 Å². The van der Waals surface area contributed by atoms with Crippen LogP contribution < -0.4 is 10.2 Å². The number of amides is 1. The lowest BCUT2D eigenvalue weighted by Gasteiger charge is -2.28. The van der Waals surface area contributed by atoms with E-state index in [4.69, 9.17) is 0 Å². The second-order valence-electron chi connectivity index (χ2n) is 7.46. The first-order valence-electron chi connectivity index (χ1n) is 10.1. The van der Waals surface area contributed by atoms with Crippen molar-refractivity contribution in [3.63, 3.8) is 0 Å². The van der Waals surface area contributed by atoms with E-state index in [0.29, 0.717) is 30.2 Å². The molecule has 2 N–H and O–H groups in total. The fourth-order valence-electron chi connectivity index (χ4n) is 3.74. The van der Waals surface area contributed by atoms with E-state index in [-0.39, 0.29) is 11.5 Å². The molecule has 0 spiro atoms. The Labute approximate surface area is 180 Å². The van der Waals surface area contributed by atoms with E-state index in [9.17, 15) is 14.7 Å². The first-order valence-corrected chi connectivity index (χ1v) is 10.1. The number of benzene rings is 2. The van der Waals surface area contributed by atoms with Gasteiger partial charge in [0.1, 0.15) is 11.4 Å². The Morgan fingerprint density at radius 3 is 2.45 bits per heavy atom. The van der Waals surface area contributed by atoms with Crippen molar-refractivity contribution >= 4 is 29.0 Å². The van der Waals surface area contributed by atoms with Crippen LogP contribution in [0.2, 0.25) is 0 Å². The molecule has 0 atom stereocenters. The van der Waals surface area contributed by atoms with Gasteiger partial charge in [-0.25, -0.2) is 9.78 Å². The molecule has 1 aliphatic heterocycles. The molecule has 0 saturated carbocycles. The van der Waals surface area contributed by atoms with E-state index in [1.54, 1.807) is 12.1 Å². The van der Waals surface area contributed by atoms with Gasteiger partial charge < -0.3 is 15.3 Å². The number of pyridine rings is 1. The number of aromatic nitrogens is 1. The van der Waals surface area contributed by atoms with Crippen LogP contribution in [0.1, 0.15) is 38.3 Å². The summed E-state index contributed by atoms with van der Waals surface area (Å²) in [5, 5.41) is 12.5. The minimum atomic E-state index is -1.08. The lowest BCUT2D eigenvalue weighted by atomic mass is 9.99. The van der Waals surface area contributed by atoms with Gasteiger partial charge >= 0.3 is 5.97 Å². The number of aryl methyl sites for hydroxylation is 1. The number of rotatable bonds is 5. The number of hydrogen-bond acceptors (Lipinski definition) is 4. The van der Waals surface area contributed by atoms with E-state index in [0.717, 1.165) is 12.0 Å². The molecule has 0 radical (unpaired) electrons. The van der Waals surface area contributed by atoms with Gasteiger partial charge in [0.15, 0.2) is 0 Å². The Bertz CT molecular complexity index is 1160. The van der Waals surface area contributed by atoms with Crippen LogP contribution in [-0.2, 0) is 0 Å². The number of nitrogens with one attached hydrogen (secondary N) is 1. The first-order chi connectivity index (χ1) is 15.0. The summed E-state index contributed by atoms with van der Waals surface area (Å²) >= 11 is 0. The highest BCUT2D eigenvalue weighted by atomic mass is 16.4. The van der Waals surface area contributed by atoms with Gasteiger partial charge in [0.2, 0.25) is 0 Å². The lowest BCUT2D eigenvalue weighted by Crippen LogP contribution is -2.30. The summed E-state index contributed by atoms with van der Waals surface area (Å²) in [7, 11) is 0. The van der Waals surface area contributed by atoms with Crippen LogP contribution in [0.25, 0.3) is 5.57 Å². The van der Waals surface area contributed by atoms with Crippen molar-refractivity contribution in [2.24, 2.45) is 0 Å². The molecule has 6 nitrogen and oxygen atoms in total. The molecule has 0 unspecified atom stereocenters. The summed E-state index contributed by atoms with van der Waals surface area (Å²) in [4.78, 5) is 30.8. The maximum Gasteiger partial charge on any atom is 0.339 e. The Hall–Kier alpha value is -3.93. The maximum atomic E-state index is 12.6. The topological polar surface area (TPSA) is 82.5 Å². The molecule has 2 heterocycles. The molecular weight excluding hydrogens is 390 g/mol. The van der Waals surface area contributed by atoms with Crippen LogP contribution in [0.5, 0.6) is 0 Å². The molecule has 1 aliphatic rings. The molecule has 2 aromatic carbocycles. The third-order valence-corrected chi connectivity index (χ3v) is 5.40. The highest BCUT2D eigenvalue weighted by Gasteiger charge is 2.21. The molecule has 0 fully saturated rings. The standard InChI is InChI=1S/C25H23N3O3/c1-17-7-5-6-10-21(17)24(29)27-20-15-22(25(30)31)23(26-16-20)28-13-11-19(12-14-28)18-8-3-2-4-9-18/h2-11,15-16H,12-14H2,1H3,(H,27,29)(H,30,31). The molecule has 1 aromatic heterocycles. The molecule has 6 heteroatoms. The largest absolute Gasteiger partial charge is 0.478 e. The van der Waals surface area contributed by atoms with Gasteiger partial charge in [0.05, 0.1) is 11.9 Å². The second-order valence-corrected chi connectivity index (χ2v) is 7.46. The highest BCUT2D eigenvalue weighted by Crippen LogP contribution is 2.28. The number of anilines is 2. The molecular formula is C25H23N3O3. The molecule has 1 amide bonds. The van der Waals surface area contributed by atoms with Crippen molar-refractivity contribution in [1.29, 1.82) is 0 Å². The minimum Gasteiger partial charge on any atom is -0.478 e. The molecule has 156 valence electrons. The van der Waals surface area contributed by atoms with Gasteiger partial charge in [-0.3, -0.25) is 4.79 Å². The van der Waals surface area contributed by atoms with Crippen molar-refractivity contribution < 1.29 is 14.7 Å². The highest BCUT2D eigenvalue weighted by molar-refractivity contribution is 6.06. The molecule has 4 rings (SSSR count). The van der Waals surface area contributed by atoms with Crippen LogP contribution in [0.4, 0.5) is 11.5 Å². The Morgan fingerprint density at radius 2 is 1.77 bits per heavy atom. The number of nitrogens with zero attached hydrogens (tertiary/aromatic N) is 2. The first kappa shape index (κ1) is 20.3. The normalized spacial score (nSPS) is 13.5. The number of carbonyl (C=O) groups is 2. The van der Waals surface area contributed by atoms with Crippen LogP contribution in [0.3, 0.4) is 0 Å². The van der Waals surface area contributed by atoms with Crippen molar-refractivity contribution in [2.45, 2.75) is 13.3 Å². The van der Waals surface area contributed by atoms with Crippen LogP contribution >= 0.6 is 0 Å². The minimum absolute atomic E-state index is 0.0687. The van der Waals surface area contributed by atoms with E-state index < -0.39 is 5.97 Å². The molecule has 0 bridgehead atoms. The summed E-state index contributed by atoms with van der Waals surface area (Å²) in [6.07, 6.45) is 4.42. The second kappa shape index (κ2) is 8.83. The van der Waals surface area contributed by atoms with Crippen LogP contribution in [0.15, 0.2) is 72.9 Å². The SMILES string of the molecule is Cc1ccccc1C(=O)Nc1cnc(N2CC=C(c3ccccc3)CC2)c(C(=O)O)c1. The Morgan fingerprint density at radius 1 is 1.03 bits per heavy atom. The third kappa shape index (κ3) is 4.48. The van der Waals surface area contributed by atoms with Crippen molar-refractivity contribution in [3.05, 3.63) is 95.2 Å². The Balaban J connectivity index is 1.55. The van der Waals surface area contributed by atoms with Gasteiger partial charge in [-0.15, -0.1) is 0 Å². The van der Waals surface area contributed by atoms with Gasteiger partial charge in [0.25, 0.3) is 5.91 Å². The predicted molar refractivity (Wildman–Crippen MR) is 122 cm³/mol. The summed E-state index contributed by atoms with van der Waals surface area (Å²) in [6.45, 7) is 3.10. The Kier molecular flexibility index (Phi) is 5.80. The fraction of sp³-hybridized carbons (Fsp3) is 0.160. The predicted octanol–water partition coefficient (Wildman–Crippen LogP) is 4.63. The smallest absolute Gasteiger partial charge is 0.339 e. The zero-order valence-corrected chi connectivity index (χ0v) is 17.2. The van der Waals surface area contributed by atoms with E-state index >= 15 is 0 Å². The van der Waals surface area contributed by atoms with Crippen LogP contribution in [0, 0.1) is 6.92 Å². The van der Waals surface area contributed by atoms with E-state index in [1.807, 2.05) is 42.2 Å². The number of hydrogen-bond donors (Lipinski definition) is 2. The summed E-state index contributed by atoms with van der Waals surface area (Å²) in [5.41, 5.74) is 4.24. The van der Waals surface area contributed by atoms with Crippen molar-refractivity contribution in [3.8, 4) is 0 Å². The van der Waals surface area contributed by atoms with Gasteiger partial charge in [-0.1, -0.05) is 54.6 Å². The molecule has 0 saturated heterocycles. The number of carboxylic acid groups (broad SMARTS) is 1. The third-order valence-electron chi connectivity index (χ3n) is 5.40. The fourth-order valence-corrected chi connectivity index (χ4v) is 3.74. The summed E-state index contributed by atoms with van der Waals surface area (Å²) < 4.78 is 0. The van der Waals surface area contributed by atoms with Crippen molar-refractivity contribution in [2.75, 3.05) is 23.3 Å². The average Bonchev–Trinajstić information content (AvgIpc) is 2.80. The lowest BCUT2D eigenvalue weighted by molar-refractivity contribution is 0.0696. The number of carbonyl (C=O) groups excluding carboxylic acids is 1. The van der Waals surface area contributed by atoms with Crippen LogP contribution in [-0.4, -0.2) is 35.1 Å². The van der Waals surface area contributed by atoms with Gasteiger partial charge in [0, 0.05) is 18.7 Å². The average molecular weight is 413 g/mol. The van der Waals surface area contributed by atoms with Gasteiger partial charge in [-0.2, -0.15) is 0 Å². The zero-order chi connectivity index (χ0) is 21.8. The van der Waals surface area contributed by atoms with E-state index in [2.05, 4.69) is 28.5 Å². The number of carboxylic acids is 1. The maximum absolute atomic E-state index is 12.6. The monoisotopic (exact) mass is 413 g/mol. The molecule has 31 heavy (non-hydrogen) atoms. The van der Waals surface area contributed by atoms with Crippen molar-refractivity contribution in [1.82, 2.24) is 4.98 Å². The molecule has 3 aromatic rings. The summed E-state index contributed by atoms with van der Waals surface area (Å²) in [6, 6.07) is 18.9.